The second-order valence-corrected chi connectivity index (χ2v) is 3.77. The highest BCUT2D eigenvalue weighted by atomic mass is 16.5. The lowest BCUT2D eigenvalue weighted by atomic mass is 9.79. The Balaban J connectivity index is 4.60. The minimum Gasteiger partial charge on any atom is -0.465 e. The summed E-state index contributed by atoms with van der Waals surface area (Å²) in [6.07, 6.45) is 2.01. The van der Waals surface area contributed by atoms with Crippen LogP contribution in [0.15, 0.2) is 0 Å². The Bertz CT molecular complexity index is 222. The molecule has 0 aliphatic heterocycles. The van der Waals surface area contributed by atoms with Crippen LogP contribution in [0.5, 0.6) is 0 Å². The van der Waals surface area contributed by atoms with E-state index >= 15 is 0 Å². The maximum Gasteiger partial charge on any atom is 0.312 e. The van der Waals surface area contributed by atoms with Gasteiger partial charge in [0.2, 0.25) is 5.91 Å². The quantitative estimate of drug-likeness (QED) is 0.656. The van der Waals surface area contributed by atoms with Gasteiger partial charge in [0.25, 0.3) is 0 Å². The number of ether oxygens (including phenoxy) is 1. The second-order valence-electron chi connectivity index (χ2n) is 3.77. The van der Waals surface area contributed by atoms with Crippen molar-refractivity contribution in [2.24, 2.45) is 11.1 Å². The molecule has 0 heterocycles. The number of hydrogen-bond acceptors (Lipinski definition) is 3. The average Bonchev–Trinajstić information content (AvgIpc) is 2.22. The van der Waals surface area contributed by atoms with E-state index in [1.165, 1.54) is 0 Å². The molecule has 0 saturated heterocycles. The van der Waals surface area contributed by atoms with Crippen molar-refractivity contribution >= 4 is 11.9 Å². The minimum atomic E-state index is -0.721. The molecule has 0 spiro atoms. The zero-order chi connectivity index (χ0) is 11.9. The summed E-state index contributed by atoms with van der Waals surface area (Å²) in [7, 11) is 0. The van der Waals surface area contributed by atoms with Crippen molar-refractivity contribution in [2.45, 2.75) is 46.5 Å². The van der Waals surface area contributed by atoms with Gasteiger partial charge in [-0.25, -0.2) is 0 Å². The lowest BCUT2D eigenvalue weighted by Gasteiger charge is -2.27. The van der Waals surface area contributed by atoms with Crippen molar-refractivity contribution in [1.82, 2.24) is 0 Å². The van der Waals surface area contributed by atoms with Gasteiger partial charge in [0, 0.05) is 6.42 Å². The highest BCUT2D eigenvalue weighted by Gasteiger charge is 2.37. The Hall–Kier alpha value is -1.06. The van der Waals surface area contributed by atoms with Gasteiger partial charge in [0.15, 0.2) is 0 Å². The van der Waals surface area contributed by atoms with E-state index in [1.54, 1.807) is 0 Å². The predicted octanol–water partition coefficient (Wildman–Crippen LogP) is 1.62. The van der Waals surface area contributed by atoms with Gasteiger partial charge in [-0.05, 0) is 19.3 Å². The number of esters is 1. The molecule has 0 unspecified atom stereocenters. The standard InChI is InChI=1S/C11H21NO3/c1-4-7-15-10(14)11(5-2,6-3)8-9(12)13/h4-8H2,1-3H3,(H2,12,13). The molecule has 0 aliphatic rings. The zero-order valence-electron chi connectivity index (χ0n) is 9.84. The molecule has 0 aromatic rings. The molecule has 0 aromatic carbocycles. The summed E-state index contributed by atoms with van der Waals surface area (Å²) in [6, 6.07) is 0. The normalized spacial score (nSPS) is 11.1. The van der Waals surface area contributed by atoms with Crippen LogP contribution in [0.3, 0.4) is 0 Å². The van der Waals surface area contributed by atoms with Crippen LogP contribution in [0.4, 0.5) is 0 Å². The number of primary amides is 1. The van der Waals surface area contributed by atoms with Crippen LogP contribution in [0.25, 0.3) is 0 Å². The van der Waals surface area contributed by atoms with E-state index < -0.39 is 11.3 Å². The Morgan fingerprint density at radius 2 is 1.73 bits per heavy atom. The number of carbonyl (C=O) groups excluding carboxylic acids is 2. The Labute approximate surface area is 91.2 Å². The smallest absolute Gasteiger partial charge is 0.312 e. The van der Waals surface area contributed by atoms with Crippen molar-refractivity contribution < 1.29 is 14.3 Å². The third-order valence-electron chi connectivity index (χ3n) is 2.74. The summed E-state index contributed by atoms with van der Waals surface area (Å²) in [5.41, 5.74) is 4.43. The lowest BCUT2D eigenvalue weighted by Crippen LogP contribution is -2.36. The van der Waals surface area contributed by atoms with Gasteiger partial charge in [-0.1, -0.05) is 20.8 Å². The molecule has 1 amide bonds. The molecule has 2 N–H and O–H groups in total. The minimum absolute atomic E-state index is 0.0720. The fourth-order valence-electron chi connectivity index (χ4n) is 1.54. The summed E-state index contributed by atoms with van der Waals surface area (Å²) >= 11 is 0. The molecule has 0 fully saturated rings. The van der Waals surface area contributed by atoms with Gasteiger partial charge in [0.05, 0.1) is 12.0 Å². The number of nitrogens with two attached hydrogens (primary N) is 1. The highest BCUT2D eigenvalue weighted by molar-refractivity contribution is 5.85. The summed E-state index contributed by atoms with van der Waals surface area (Å²) in [5.74, 6) is -0.750. The number of carbonyl (C=O) groups is 2. The lowest BCUT2D eigenvalue weighted by molar-refractivity contribution is -0.158. The van der Waals surface area contributed by atoms with Gasteiger partial charge in [0.1, 0.15) is 0 Å². The van der Waals surface area contributed by atoms with E-state index in [-0.39, 0.29) is 12.4 Å². The molecule has 0 rings (SSSR count). The average molecular weight is 215 g/mol. The molecule has 0 bridgehead atoms. The molecule has 15 heavy (non-hydrogen) atoms. The molecule has 0 aromatic heterocycles. The second kappa shape index (κ2) is 6.43. The zero-order valence-corrected chi connectivity index (χ0v) is 9.84. The van der Waals surface area contributed by atoms with Crippen molar-refractivity contribution in [3.63, 3.8) is 0 Å². The van der Waals surface area contributed by atoms with Crippen LogP contribution in [-0.4, -0.2) is 18.5 Å². The number of rotatable bonds is 7. The van der Waals surface area contributed by atoms with E-state index in [2.05, 4.69) is 0 Å². The van der Waals surface area contributed by atoms with Crippen LogP contribution in [-0.2, 0) is 14.3 Å². The molecule has 88 valence electrons. The van der Waals surface area contributed by atoms with Crippen LogP contribution in [0, 0.1) is 5.41 Å². The van der Waals surface area contributed by atoms with E-state index in [0.29, 0.717) is 19.4 Å². The molecule has 4 nitrogen and oxygen atoms in total. The maximum atomic E-state index is 11.8. The third kappa shape index (κ3) is 3.90. The van der Waals surface area contributed by atoms with Gasteiger partial charge in [-0.2, -0.15) is 0 Å². The molecule has 0 radical (unpaired) electrons. The third-order valence-corrected chi connectivity index (χ3v) is 2.74. The van der Waals surface area contributed by atoms with Crippen molar-refractivity contribution in [2.75, 3.05) is 6.61 Å². The number of amides is 1. The largest absolute Gasteiger partial charge is 0.465 e. The Kier molecular flexibility index (Phi) is 5.97. The molecule has 4 heteroatoms. The highest BCUT2D eigenvalue weighted by Crippen LogP contribution is 2.32. The van der Waals surface area contributed by atoms with Crippen LogP contribution in [0.1, 0.15) is 46.5 Å². The van der Waals surface area contributed by atoms with Gasteiger partial charge >= 0.3 is 5.97 Å². The van der Waals surface area contributed by atoms with Crippen LogP contribution >= 0.6 is 0 Å². The first-order chi connectivity index (χ1) is 7.02. The van der Waals surface area contributed by atoms with E-state index in [0.717, 1.165) is 6.42 Å². The summed E-state index contributed by atoms with van der Waals surface area (Å²) < 4.78 is 5.09. The topological polar surface area (TPSA) is 69.4 Å². The fourth-order valence-corrected chi connectivity index (χ4v) is 1.54. The molecule has 0 atom stereocenters. The van der Waals surface area contributed by atoms with Crippen LogP contribution < -0.4 is 5.73 Å². The van der Waals surface area contributed by atoms with E-state index in [9.17, 15) is 9.59 Å². The number of hydrogen-bond donors (Lipinski definition) is 1. The van der Waals surface area contributed by atoms with Crippen molar-refractivity contribution in [3.05, 3.63) is 0 Å². The first kappa shape index (κ1) is 13.9. The summed E-state index contributed by atoms with van der Waals surface area (Å²) in [5, 5.41) is 0. The van der Waals surface area contributed by atoms with E-state index in [1.807, 2.05) is 20.8 Å². The summed E-state index contributed by atoms with van der Waals surface area (Å²) in [4.78, 5) is 22.7. The van der Waals surface area contributed by atoms with Gasteiger partial charge in [-0.15, -0.1) is 0 Å². The van der Waals surface area contributed by atoms with Gasteiger partial charge in [-0.3, -0.25) is 9.59 Å². The Morgan fingerprint density at radius 1 is 1.20 bits per heavy atom. The first-order valence-electron chi connectivity index (χ1n) is 5.48. The predicted molar refractivity (Wildman–Crippen MR) is 58.1 cm³/mol. The van der Waals surface area contributed by atoms with Crippen molar-refractivity contribution in [1.29, 1.82) is 0 Å². The SMILES string of the molecule is CCCOC(=O)C(CC)(CC)CC(N)=O. The molecule has 0 aliphatic carbocycles. The Morgan fingerprint density at radius 3 is 2.07 bits per heavy atom. The van der Waals surface area contributed by atoms with E-state index in [4.69, 9.17) is 10.5 Å². The maximum absolute atomic E-state index is 11.8. The molecule has 0 saturated carbocycles. The molecular formula is C11H21NO3. The summed E-state index contributed by atoms with van der Waals surface area (Å²) in [6.45, 7) is 6.08. The van der Waals surface area contributed by atoms with Crippen molar-refractivity contribution in [3.8, 4) is 0 Å². The fraction of sp³-hybridized carbons (Fsp3) is 0.818. The first-order valence-corrected chi connectivity index (χ1v) is 5.48. The van der Waals surface area contributed by atoms with Gasteiger partial charge < -0.3 is 10.5 Å². The van der Waals surface area contributed by atoms with Crippen LogP contribution in [0.2, 0.25) is 0 Å². The molecular weight excluding hydrogens is 194 g/mol. The monoisotopic (exact) mass is 215 g/mol.